The number of nitrogens with zero attached hydrogens (tertiary/aromatic N) is 1. The second-order valence-electron chi connectivity index (χ2n) is 3.90. The second kappa shape index (κ2) is 6.34. The lowest BCUT2D eigenvalue weighted by atomic mass is 10.2. The Morgan fingerprint density at radius 3 is 3.05 bits per heavy atom. The van der Waals surface area contributed by atoms with E-state index in [-0.39, 0.29) is 10.8 Å². The smallest absolute Gasteiger partial charge is 0.321 e. The average molecular weight is 388 g/mol. The number of halogens is 2. The molecule has 1 aromatic heterocycles. The van der Waals surface area contributed by atoms with Gasteiger partial charge in [0.15, 0.2) is 0 Å². The van der Waals surface area contributed by atoms with Crippen LogP contribution in [0, 0.1) is 0 Å². The zero-order valence-corrected chi connectivity index (χ0v) is 13.4. The van der Waals surface area contributed by atoms with Crippen LogP contribution >= 0.6 is 31.9 Å². The minimum atomic E-state index is -0.386. The van der Waals surface area contributed by atoms with Crippen LogP contribution < -0.4 is 5.32 Å². The van der Waals surface area contributed by atoms with Crippen molar-refractivity contribution in [2.75, 3.05) is 19.0 Å². The number of ether oxygens (including phenoxy) is 1. The highest BCUT2D eigenvalue weighted by Crippen LogP contribution is 2.24. The number of hydrogen-bond donors (Lipinski definition) is 1. The lowest BCUT2D eigenvalue weighted by Gasteiger charge is -2.12. The van der Waals surface area contributed by atoms with Gasteiger partial charge in [-0.3, -0.25) is 9.78 Å². The summed E-state index contributed by atoms with van der Waals surface area (Å²) in [6, 6.07) is 7.87. The number of hydrogen-bond acceptors (Lipinski definition) is 4. The number of benzene rings is 1. The van der Waals surface area contributed by atoms with Crippen molar-refractivity contribution in [3.63, 3.8) is 0 Å². The molecule has 0 saturated carbocycles. The van der Waals surface area contributed by atoms with Crippen molar-refractivity contribution < 1.29 is 9.53 Å². The number of rotatable bonds is 4. The molecule has 0 amide bonds. The average Bonchev–Trinajstić information content (AvgIpc) is 2.43. The topological polar surface area (TPSA) is 51.2 Å². The van der Waals surface area contributed by atoms with Gasteiger partial charge in [-0.2, -0.15) is 0 Å². The van der Waals surface area contributed by atoms with E-state index in [9.17, 15) is 4.79 Å². The van der Waals surface area contributed by atoms with Crippen LogP contribution in [0.15, 0.2) is 34.9 Å². The van der Waals surface area contributed by atoms with Crippen molar-refractivity contribution in [3.05, 3.63) is 34.9 Å². The molecule has 2 rings (SSSR count). The molecular formula is C13H12Br2N2O2. The van der Waals surface area contributed by atoms with E-state index in [0.29, 0.717) is 6.54 Å². The first-order valence-corrected chi connectivity index (χ1v) is 7.32. The predicted octanol–water partition coefficient (Wildman–Crippen LogP) is 3.35. The molecule has 2 aromatic rings. The Morgan fingerprint density at radius 2 is 2.32 bits per heavy atom. The van der Waals surface area contributed by atoms with Crippen LogP contribution in [0.2, 0.25) is 0 Å². The first-order valence-electron chi connectivity index (χ1n) is 5.62. The van der Waals surface area contributed by atoms with Crippen molar-refractivity contribution in [2.24, 2.45) is 0 Å². The number of nitrogens with one attached hydrogen (secondary N) is 1. The summed E-state index contributed by atoms with van der Waals surface area (Å²) in [6.07, 6.45) is 1.75. The van der Waals surface area contributed by atoms with Gasteiger partial charge in [-0.05, 0) is 28.1 Å². The van der Waals surface area contributed by atoms with Gasteiger partial charge < -0.3 is 10.1 Å². The maximum atomic E-state index is 11.3. The normalized spacial score (nSPS) is 12.2. The molecule has 4 nitrogen and oxygen atoms in total. The van der Waals surface area contributed by atoms with Crippen LogP contribution in [0.4, 0.5) is 5.69 Å². The summed E-state index contributed by atoms with van der Waals surface area (Å²) in [5.41, 5.74) is 1.76. The summed E-state index contributed by atoms with van der Waals surface area (Å²) in [5.74, 6) is -0.302. The summed E-state index contributed by atoms with van der Waals surface area (Å²) in [4.78, 5) is 15.3. The first-order chi connectivity index (χ1) is 9.11. The Labute approximate surface area is 127 Å². The molecule has 0 radical (unpaired) electrons. The van der Waals surface area contributed by atoms with Gasteiger partial charge in [0.2, 0.25) is 0 Å². The molecule has 0 saturated heterocycles. The number of aromatic nitrogens is 1. The van der Waals surface area contributed by atoms with Gasteiger partial charge in [0.25, 0.3) is 0 Å². The Kier molecular flexibility index (Phi) is 4.76. The fourth-order valence-electron chi connectivity index (χ4n) is 1.69. The van der Waals surface area contributed by atoms with Crippen molar-refractivity contribution in [3.8, 4) is 0 Å². The third-order valence-corrected chi connectivity index (χ3v) is 3.74. The number of methoxy groups -OCH3 is 1. The van der Waals surface area contributed by atoms with E-state index >= 15 is 0 Å². The second-order valence-corrected chi connectivity index (χ2v) is 5.92. The van der Waals surface area contributed by atoms with Crippen LogP contribution in [0.5, 0.6) is 0 Å². The van der Waals surface area contributed by atoms with Gasteiger partial charge in [-0.15, -0.1) is 0 Å². The monoisotopic (exact) mass is 386 g/mol. The van der Waals surface area contributed by atoms with Gasteiger partial charge in [0, 0.05) is 22.6 Å². The van der Waals surface area contributed by atoms with E-state index in [4.69, 9.17) is 0 Å². The highest BCUT2D eigenvalue weighted by atomic mass is 79.9. The molecule has 0 aliphatic heterocycles. The lowest BCUT2D eigenvalue weighted by Crippen LogP contribution is -2.24. The number of carbonyl (C=O) groups excluding carboxylic acids is 1. The van der Waals surface area contributed by atoms with Gasteiger partial charge >= 0.3 is 5.97 Å². The number of anilines is 1. The van der Waals surface area contributed by atoms with Crippen molar-refractivity contribution in [1.29, 1.82) is 0 Å². The van der Waals surface area contributed by atoms with E-state index in [1.807, 2.05) is 24.3 Å². The molecule has 1 atom stereocenters. The standard InChI is InChI=1S/C13H12Br2N2O2/c1-19-13(18)10(15)7-16-11-4-2-3-8-5-9(14)6-17-12(8)11/h2-6,10,16H,7H2,1H3. The summed E-state index contributed by atoms with van der Waals surface area (Å²) < 4.78 is 5.59. The maximum Gasteiger partial charge on any atom is 0.321 e. The van der Waals surface area contributed by atoms with Crippen LogP contribution in [0.1, 0.15) is 0 Å². The molecule has 1 heterocycles. The van der Waals surface area contributed by atoms with Crippen LogP contribution in [-0.4, -0.2) is 29.4 Å². The van der Waals surface area contributed by atoms with Gasteiger partial charge in [-0.25, -0.2) is 0 Å². The minimum Gasteiger partial charge on any atom is -0.468 e. The van der Waals surface area contributed by atoms with Gasteiger partial charge in [-0.1, -0.05) is 28.1 Å². The Bertz CT molecular complexity index is 604. The molecule has 6 heteroatoms. The molecule has 19 heavy (non-hydrogen) atoms. The highest BCUT2D eigenvalue weighted by Gasteiger charge is 2.15. The lowest BCUT2D eigenvalue weighted by molar-refractivity contribution is -0.139. The zero-order valence-electron chi connectivity index (χ0n) is 10.2. The quantitative estimate of drug-likeness (QED) is 0.645. The first kappa shape index (κ1) is 14.3. The molecule has 0 spiro atoms. The number of para-hydroxylation sites is 1. The molecule has 0 aliphatic rings. The third kappa shape index (κ3) is 3.45. The summed E-state index contributed by atoms with van der Waals surface area (Å²) in [6.45, 7) is 0.434. The molecule has 1 unspecified atom stereocenters. The number of alkyl halides is 1. The van der Waals surface area contributed by atoms with E-state index in [1.165, 1.54) is 7.11 Å². The Hall–Kier alpha value is -1.14. The maximum absolute atomic E-state index is 11.3. The van der Waals surface area contributed by atoms with Crippen molar-refractivity contribution in [2.45, 2.75) is 4.83 Å². The zero-order chi connectivity index (χ0) is 13.8. The predicted molar refractivity (Wildman–Crippen MR) is 82.7 cm³/mol. The number of pyridine rings is 1. The van der Waals surface area contributed by atoms with Crippen LogP contribution in [0.25, 0.3) is 10.9 Å². The highest BCUT2D eigenvalue weighted by molar-refractivity contribution is 9.10. The fraction of sp³-hybridized carbons (Fsp3) is 0.231. The SMILES string of the molecule is COC(=O)C(Br)CNc1cccc2cc(Br)cnc12. The summed E-state index contributed by atoms with van der Waals surface area (Å²) in [5, 5.41) is 4.23. The molecule has 0 aliphatic carbocycles. The van der Waals surface area contributed by atoms with E-state index < -0.39 is 0 Å². The summed E-state index contributed by atoms with van der Waals surface area (Å²) >= 11 is 6.67. The molecule has 1 N–H and O–H groups in total. The summed E-state index contributed by atoms with van der Waals surface area (Å²) in [7, 11) is 1.37. The van der Waals surface area contributed by atoms with E-state index in [1.54, 1.807) is 6.20 Å². The molecule has 100 valence electrons. The number of carbonyl (C=O) groups is 1. The largest absolute Gasteiger partial charge is 0.468 e. The minimum absolute atomic E-state index is 0.302. The van der Waals surface area contributed by atoms with Crippen molar-refractivity contribution in [1.82, 2.24) is 4.98 Å². The van der Waals surface area contributed by atoms with Gasteiger partial charge in [0.05, 0.1) is 18.3 Å². The van der Waals surface area contributed by atoms with Crippen LogP contribution in [-0.2, 0) is 9.53 Å². The Balaban J connectivity index is 2.19. The van der Waals surface area contributed by atoms with Gasteiger partial charge in [0.1, 0.15) is 4.83 Å². The molecular weight excluding hydrogens is 376 g/mol. The van der Waals surface area contributed by atoms with E-state index in [2.05, 4.69) is 46.9 Å². The fourth-order valence-corrected chi connectivity index (χ4v) is 2.39. The Morgan fingerprint density at radius 1 is 1.53 bits per heavy atom. The number of esters is 1. The van der Waals surface area contributed by atoms with Crippen LogP contribution in [0.3, 0.4) is 0 Å². The number of fused-ring (bicyclic) bond motifs is 1. The molecule has 0 bridgehead atoms. The van der Waals surface area contributed by atoms with Crippen molar-refractivity contribution >= 4 is 54.4 Å². The van der Waals surface area contributed by atoms with E-state index in [0.717, 1.165) is 21.1 Å². The molecule has 0 fully saturated rings. The third-order valence-electron chi connectivity index (χ3n) is 2.61. The molecule has 1 aromatic carbocycles.